The zero-order valence-corrected chi connectivity index (χ0v) is 16.1. The summed E-state index contributed by atoms with van der Waals surface area (Å²) in [4.78, 5) is 20.6. The molecule has 1 amide bonds. The van der Waals surface area contributed by atoms with Crippen LogP contribution in [0.3, 0.4) is 0 Å². The van der Waals surface area contributed by atoms with E-state index in [0.717, 1.165) is 5.69 Å². The molecule has 10 heteroatoms. The first-order valence-electron chi connectivity index (χ1n) is 8.53. The lowest BCUT2D eigenvalue weighted by molar-refractivity contribution is -0.113. The van der Waals surface area contributed by atoms with Crippen molar-refractivity contribution in [1.29, 1.82) is 0 Å². The molecule has 0 aliphatic heterocycles. The molecular formula is C19H15FN6O2S. The Morgan fingerprint density at radius 1 is 1.21 bits per heavy atom. The highest BCUT2D eigenvalue weighted by Gasteiger charge is 2.15. The zero-order valence-electron chi connectivity index (χ0n) is 15.2. The van der Waals surface area contributed by atoms with Crippen molar-refractivity contribution < 1.29 is 13.9 Å². The Hall–Kier alpha value is -3.53. The minimum atomic E-state index is -0.489. The molecular weight excluding hydrogens is 395 g/mol. The fourth-order valence-electron chi connectivity index (χ4n) is 2.63. The second kappa shape index (κ2) is 8.23. The van der Waals surface area contributed by atoms with Crippen molar-refractivity contribution in [3.05, 3.63) is 60.7 Å². The number of para-hydroxylation sites is 1. The molecule has 0 atom stereocenters. The number of halogens is 1. The molecule has 0 bridgehead atoms. The summed E-state index contributed by atoms with van der Waals surface area (Å²) in [6.45, 7) is 0. The number of fused-ring (bicyclic) bond motifs is 1. The maximum absolute atomic E-state index is 13.7. The van der Waals surface area contributed by atoms with Crippen molar-refractivity contribution in [1.82, 2.24) is 25.0 Å². The number of nitrogens with zero attached hydrogens (tertiary/aromatic N) is 5. The van der Waals surface area contributed by atoms with Crippen LogP contribution in [0.25, 0.3) is 16.9 Å². The molecule has 0 unspecified atom stereocenters. The van der Waals surface area contributed by atoms with E-state index in [0.29, 0.717) is 21.9 Å². The predicted octanol–water partition coefficient (Wildman–Crippen LogP) is 3.09. The number of amides is 1. The standard InChI is InChI=1S/C19H15FN6O2S/c1-28-13-6-4-5-12(9-13)26-18-17(24-25-26)19(22-11-21-18)29-10-16(27)23-15-8-3-2-7-14(15)20/h2-9,11H,10H2,1H3,(H,23,27). The minimum Gasteiger partial charge on any atom is -0.497 e. The first kappa shape index (κ1) is 18.8. The Labute approximate surface area is 169 Å². The van der Waals surface area contributed by atoms with Gasteiger partial charge in [-0.1, -0.05) is 35.2 Å². The molecule has 0 aliphatic rings. The quantitative estimate of drug-likeness (QED) is 0.385. The maximum atomic E-state index is 13.7. The summed E-state index contributed by atoms with van der Waals surface area (Å²) < 4.78 is 20.5. The number of nitrogens with one attached hydrogen (secondary N) is 1. The van der Waals surface area contributed by atoms with Crippen LogP contribution in [0.15, 0.2) is 59.9 Å². The number of rotatable bonds is 6. The average molecular weight is 410 g/mol. The Morgan fingerprint density at radius 3 is 2.90 bits per heavy atom. The van der Waals surface area contributed by atoms with Crippen molar-refractivity contribution in [3.63, 3.8) is 0 Å². The molecule has 0 aliphatic carbocycles. The highest BCUT2D eigenvalue weighted by Crippen LogP contribution is 2.25. The van der Waals surface area contributed by atoms with Crippen LogP contribution >= 0.6 is 11.8 Å². The van der Waals surface area contributed by atoms with Gasteiger partial charge < -0.3 is 10.1 Å². The van der Waals surface area contributed by atoms with Crippen LogP contribution in [0.4, 0.5) is 10.1 Å². The predicted molar refractivity (Wildman–Crippen MR) is 107 cm³/mol. The number of carbonyl (C=O) groups excluding carboxylic acids is 1. The van der Waals surface area contributed by atoms with Crippen molar-refractivity contribution in [2.75, 3.05) is 18.2 Å². The van der Waals surface area contributed by atoms with Gasteiger partial charge in [-0.05, 0) is 24.3 Å². The third-order valence-corrected chi connectivity index (χ3v) is 4.97. The fourth-order valence-corrected chi connectivity index (χ4v) is 3.36. The summed E-state index contributed by atoms with van der Waals surface area (Å²) in [5.74, 6) is -0.130. The lowest BCUT2D eigenvalue weighted by Gasteiger charge is -2.06. The van der Waals surface area contributed by atoms with Crippen molar-refractivity contribution in [2.24, 2.45) is 0 Å². The van der Waals surface area contributed by atoms with E-state index < -0.39 is 5.82 Å². The highest BCUT2D eigenvalue weighted by atomic mass is 32.2. The molecule has 1 N–H and O–H groups in total. The normalized spacial score (nSPS) is 10.8. The van der Waals surface area contributed by atoms with Gasteiger partial charge in [0.2, 0.25) is 5.91 Å². The molecule has 8 nitrogen and oxygen atoms in total. The van der Waals surface area contributed by atoms with Gasteiger partial charge in [-0.2, -0.15) is 4.68 Å². The van der Waals surface area contributed by atoms with Gasteiger partial charge >= 0.3 is 0 Å². The van der Waals surface area contributed by atoms with Gasteiger partial charge in [0, 0.05) is 6.07 Å². The van der Waals surface area contributed by atoms with Crippen LogP contribution in [-0.4, -0.2) is 43.7 Å². The third kappa shape index (κ3) is 4.02. The van der Waals surface area contributed by atoms with Gasteiger partial charge in [0.25, 0.3) is 0 Å². The van der Waals surface area contributed by atoms with Crippen LogP contribution < -0.4 is 10.1 Å². The number of aromatic nitrogens is 5. The fraction of sp³-hybridized carbons (Fsp3) is 0.105. The summed E-state index contributed by atoms with van der Waals surface area (Å²) in [6.07, 6.45) is 1.39. The van der Waals surface area contributed by atoms with Crippen LogP contribution in [-0.2, 0) is 4.79 Å². The van der Waals surface area contributed by atoms with Crippen molar-refractivity contribution in [3.8, 4) is 11.4 Å². The van der Waals surface area contributed by atoms with Crippen LogP contribution in [0.1, 0.15) is 0 Å². The molecule has 2 aromatic heterocycles. The second-order valence-electron chi connectivity index (χ2n) is 5.87. The van der Waals surface area contributed by atoms with Gasteiger partial charge in [0.05, 0.1) is 24.2 Å². The number of methoxy groups -OCH3 is 1. The number of hydrogen-bond acceptors (Lipinski definition) is 7. The number of hydrogen-bond donors (Lipinski definition) is 1. The Kier molecular flexibility index (Phi) is 5.34. The van der Waals surface area contributed by atoms with Gasteiger partial charge in [0.15, 0.2) is 11.2 Å². The summed E-state index contributed by atoms with van der Waals surface area (Å²) in [5.41, 5.74) is 1.85. The molecule has 29 heavy (non-hydrogen) atoms. The van der Waals surface area contributed by atoms with Crippen LogP contribution in [0.2, 0.25) is 0 Å². The highest BCUT2D eigenvalue weighted by molar-refractivity contribution is 8.00. The largest absolute Gasteiger partial charge is 0.497 e. The zero-order chi connectivity index (χ0) is 20.2. The number of carbonyl (C=O) groups is 1. The monoisotopic (exact) mass is 410 g/mol. The van der Waals surface area contributed by atoms with Crippen molar-refractivity contribution in [2.45, 2.75) is 5.03 Å². The van der Waals surface area contributed by atoms with Gasteiger partial charge in [-0.25, -0.2) is 14.4 Å². The summed E-state index contributed by atoms with van der Waals surface area (Å²) >= 11 is 1.17. The molecule has 146 valence electrons. The molecule has 2 aromatic carbocycles. The summed E-state index contributed by atoms with van der Waals surface area (Å²) in [6, 6.07) is 13.3. The average Bonchev–Trinajstić information content (AvgIpc) is 3.19. The first-order chi connectivity index (χ1) is 14.2. The van der Waals surface area contributed by atoms with E-state index in [1.807, 2.05) is 24.3 Å². The van der Waals surface area contributed by atoms with E-state index in [9.17, 15) is 9.18 Å². The van der Waals surface area contributed by atoms with Crippen LogP contribution in [0.5, 0.6) is 5.75 Å². The molecule has 4 rings (SSSR count). The third-order valence-electron chi connectivity index (χ3n) is 3.99. The number of benzene rings is 2. The van der Waals surface area contributed by atoms with E-state index in [1.165, 1.54) is 30.2 Å². The minimum absolute atomic E-state index is 0.0342. The van der Waals surface area contributed by atoms with Crippen LogP contribution in [0, 0.1) is 5.82 Å². The smallest absolute Gasteiger partial charge is 0.234 e. The Bertz CT molecular complexity index is 1180. The van der Waals surface area contributed by atoms with E-state index in [1.54, 1.807) is 23.9 Å². The lowest BCUT2D eigenvalue weighted by atomic mass is 10.3. The molecule has 4 aromatic rings. The lowest BCUT2D eigenvalue weighted by Crippen LogP contribution is -2.15. The maximum Gasteiger partial charge on any atom is 0.234 e. The van der Waals surface area contributed by atoms with E-state index in [2.05, 4.69) is 25.6 Å². The second-order valence-corrected chi connectivity index (χ2v) is 6.83. The van der Waals surface area contributed by atoms with Gasteiger partial charge in [0.1, 0.15) is 22.9 Å². The molecule has 0 spiro atoms. The van der Waals surface area contributed by atoms with Gasteiger partial charge in [-0.15, -0.1) is 5.10 Å². The van der Waals surface area contributed by atoms with E-state index in [4.69, 9.17) is 4.74 Å². The SMILES string of the molecule is COc1cccc(-n2nnc3c(SCC(=O)Nc4ccccc4F)ncnc32)c1. The number of ether oxygens (including phenoxy) is 1. The van der Waals surface area contributed by atoms with Gasteiger partial charge in [-0.3, -0.25) is 4.79 Å². The topological polar surface area (TPSA) is 94.8 Å². The number of anilines is 1. The first-order valence-corrected chi connectivity index (χ1v) is 9.52. The number of thioether (sulfide) groups is 1. The molecule has 0 saturated heterocycles. The molecule has 0 radical (unpaired) electrons. The summed E-state index contributed by atoms with van der Waals surface area (Å²) in [7, 11) is 1.59. The molecule has 0 saturated carbocycles. The molecule has 0 fully saturated rings. The summed E-state index contributed by atoms with van der Waals surface area (Å²) in [5, 5.41) is 11.4. The molecule has 2 heterocycles. The van der Waals surface area contributed by atoms with E-state index >= 15 is 0 Å². The van der Waals surface area contributed by atoms with Crippen molar-refractivity contribution >= 4 is 34.5 Å². The Morgan fingerprint density at radius 2 is 2.07 bits per heavy atom. The van der Waals surface area contributed by atoms with E-state index in [-0.39, 0.29) is 17.3 Å². The Balaban J connectivity index is 1.54.